The van der Waals surface area contributed by atoms with E-state index in [1.54, 1.807) is 54.6 Å². The Hall–Kier alpha value is -3.35. The number of methoxy groups -OCH3 is 1. The van der Waals surface area contributed by atoms with Gasteiger partial charge >= 0.3 is 5.97 Å². The van der Waals surface area contributed by atoms with Gasteiger partial charge in [0.2, 0.25) is 11.7 Å². The predicted octanol–water partition coefficient (Wildman–Crippen LogP) is 5.74. The number of ketones is 1. The third-order valence-corrected chi connectivity index (χ3v) is 5.08. The summed E-state index contributed by atoms with van der Waals surface area (Å²) in [5, 5.41) is 3.16. The number of nitrogens with one attached hydrogen (secondary N) is 1. The molecule has 0 heterocycles. The number of hydrogen-bond donors (Lipinski definition) is 1. The van der Waals surface area contributed by atoms with Gasteiger partial charge in [-0.2, -0.15) is 0 Å². The molecule has 0 aromatic heterocycles. The number of ether oxygens (including phenoxy) is 2. The van der Waals surface area contributed by atoms with E-state index in [1.165, 1.54) is 26.2 Å². The Bertz CT molecular complexity index is 1150. The van der Waals surface area contributed by atoms with Crippen LogP contribution >= 0.6 is 23.2 Å². The molecule has 164 valence electrons. The Balaban J connectivity index is 1.97. The highest BCUT2D eigenvalue weighted by atomic mass is 35.5. The summed E-state index contributed by atoms with van der Waals surface area (Å²) < 4.78 is 10.9. The number of halogens is 2. The number of Topliss-reactive ketones (excluding diaryl/α,β-unsaturated/α-hetero) is 1. The van der Waals surface area contributed by atoms with E-state index in [1.807, 2.05) is 0 Å². The zero-order chi connectivity index (χ0) is 23.3. The lowest BCUT2D eigenvalue weighted by Crippen LogP contribution is -2.21. The Morgan fingerprint density at radius 3 is 2.19 bits per heavy atom. The second-order valence-corrected chi connectivity index (χ2v) is 7.62. The summed E-state index contributed by atoms with van der Waals surface area (Å²) in [4.78, 5) is 37.6. The molecule has 0 aliphatic rings. The van der Waals surface area contributed by atoms with Crippen LogP contribution in [0.25, 0.3) is 0 Å². The molecule has 3 aromatic rings. The highest BCUT2D eigenvalue weighted by Gasteiger charge is 2.28. The molecule has 0 spiro atoms. The van der Waals surface area contributed by atoms with Gasteiger partial charge in [0.25, 0.3) is 0 Å². The molecule has 6 nitrogen and oxygen atoms in total. The van der Waals surface area contributed by atoms with Crippen LogP contribution in [0.4, 0.5) is 5.69 Å². The van der Waals surface area contributed by atoms with Gasteiger partial charge < -0.3 is 14.8 Å². The average molecular weight is 472 g/mol. The minimum atomic E-state index is -1.21. The number of anilines is 1. The van der Waals surface area contributed by atoms with Crippen molar-refractivity contribution in [2.24, 2.45) is 0 Å². The van der Waals surface area contributed by atoms with Crippen LogP contribution in [0.1, 0.15) is 39.3 Å². The van der Waals surface area contributed by atoms with E-state index in [9.17, 15) is 14.4 Å². The summed E-state index contributed by atoms with van der Waals surface area (Å²) in [6.07, 6.45) is -1.21. The van der Waals surface area contributed by atoms with E-state index in [-0.39, 0.29) is 27.9 Å². The van der Waals surface area contributed by atoms with Gasteiger partial charge in [-0.3, -0.25) is 9.59 Å². The fraction of sp³-hybridized carbons (Fsp3) is 0.125. The van der Waals surface area contributed by atoms with Crippen molar-refractivity contribution in [2.45, 2.75) is 13.0 Å². The molecule has 3 rings (SSSR count). The third-order valence-electron chi connectivity index (χ3n) is 4.51. The first-order valence-corrected chi connectivity index (χ1v) is 10.3. The Labute approximate surface area is 195 Å². The zero-order valence-corrected chi connectivity index (χ0v) is 18.7. The van der Waals surface area contributed by atoms with Gasteiger partial charge in [0.15, 0.2) is 6.10 Å². The molecular weight excluding hydrogens is 453 g/mol. The summed E-state index contributed by atoms with van der Waals surface area (Å²) >= 11 is 12.1. The van der Waals surface area contributed by atoms with Crippen molar-refractivity contribution >= 4 is 46.5 Å². The maximum atomic E-state index is 13.2. The van der Waals surface area contributed by atoms with Crippen molar-refractivity contribution < 1.29 is 23.9 Å². The quantitative estimate of drug-likeness (QED) is 0.350. The molecular formula is C24H19Cl2NO5. The number of rotatable bonds is 7. The fourth-order valence-electron chi connectivity index (χ4n) is 3.00. The van der Waals surface area contributed by atoms with E-state index >= 15 is 0 Å². The van der Waals surface area contributed by atoms with Crippen LogP contribution in [0, 0.1) is 0 Å². The normalized spacial score (nSPS) is 11.4. The average Bonchev–Trinajstić information content (AvgIpc) is 2.78. The van der Waals surface area contributed by atoms with Crippen molar-refractivity contribution in [3.05, 3.63) is 93.5 Å². The van der Waals surface area contributed by atoms with Gasteiger partial charge in [-0.15, -0.1) is 0 Å². The van der Waals surface area contributed by atoms with Crippen LogP contribution in [-0.2, 0) is 9.53 Å². The summed E-state index contributed by atoms with van der Waals surface area (Å²) in [6.45, 7) is 1.33. The monoisotopic (exact) mass is 471 g/mol. The third kappa shape index (κ3) is 5.46. The van der Waals surface area contributed by atoms with Crippen LogP contribution in [0.15, 0.2) is 66.7 Å². The molecule has 0 unspecified atom stereocenters. The number of carbonyl (C=O) groups is 3. The minimum Gasteiger partial charge on any atom is -0.496 e. The maximum absolute atomic E-state index is 13.2. The minimum absolute atomic E-state index is 0.0106. The molecule has 8 heteroatoms. The van der Waals surface area contributed by atoms with Gasteiger partial charge in [0.05, 0.1) is 17.8 Å². The summed E-state index contributed by atoms with van der Waals surface area (Å²) in [5.41, 5.74) is 1.13. The van der Waals surface area contributed by atoms with Gasteiger partial charge in [-0.05, 0) is 30.3 Å². The zero-order valence-electron chi connectivity index (χ0n) is 17.2. The number of carbonyl (C=O) groups excluding carboxylic acids is 3. The molecule has 0 saturated heterocycles. The Kier molecular flexibility index (Phi) is 7.51. The molecule has 0 saturated carbocycles. The number of esters is 1. The molecule has 0 bridgehead atoms. The lowest BCUT2D eigenvalue weighted by Gasteiger charge is -2.19. The molecule has 1 amide bonds. The van der Waals surface area contributed by atoms with Crippen molar-refractivity contribution in [2.75, 3.05) is 12.4 Å². The number of amides is 1. The largest absolute Gasteiger partial charge is 0.496 e. The molecule has 0 aliphatic heterocycles. The summed E-state index contributed by atoms with van der Waals surface area (Å²) in [6, 6.07) is 17.7. The molecule has 0 aliphatic carbocycles. The highest BCUT2D eigenvalue weighted by molar-refractivity contribution is 6.34. The highest BCUT2D eigenvalue weighted by Crippen LogP contribution is 2.33. The van der Waals surface area contributed by atoms with Crippen LogP contribution in [-0.4, -0.2) is 24.8 Å². The standard InChI is InChI=1S/C24H19Cl2NO5/c1-14(28)27-20-13-21(31-2)18(12-19(20)26)24(30)32-23(16-6-4-3-5-7-16)22(29)15-8-10-17(25)11-9-15/h3-13,23H,1-2H3,(H,27,28)/t23-/m1/s1. The van der Waals surface area contributed by atoms with Gasteiger partial charge in [-0.25, -0.2) is 4.79 Å². The van der Waals surface area contributed by atoms with E-state index in [0.29, 0.717) is 16.1 Å². The first-order valence-electron chi connectivity index (χ1n) is 9.51. The second-order valence-electron chi connectivity index (χ2n) is 6.78. The molecule has 1 atom stereocenters. The van der Waals surface area contributed by atoms with Crippen LogP contribution in [0.5, 0.6) is 5.75 Å². The summed E-state index contributed by atoms with van der Waals surface area (Å²) in [5.74, 6) is -1.42. The van der Waals surface area contributed by atoms with Crippen molar-refractivity contribution in [1.82, 2.24) is 0 Å². The maximum Gasteiger partial charge on any atom is 0.343 e. The first-order chi connectivity index (χ1) is 15.3. The number of benzene rings is 3. The molecule has 32 heavy (non-hydrogen) atoms. The molecule has 3 aromatic carbocycles. The van der Waals surface area contributed by atoms with E-state index in [0.717, 1.165) is 0 Å². The van der Waals surface area contributed by atoms with Crippen molar-refractivity contribution in [1.29, 1.82) is 0 Å². The topological polar surface area (TPSA) is 81.7 Å². The lowest BCUT2D eigenvalue weighted by atomic mass is 9.99. The lowest BCUT2D eigenvalue weighted by molar-refractivity contribution is -0.114. The second kappa shape index (κ2) is 10.3. The SMILES string of the molecule is COc1cc(NC(C)=O)c(Cl)cc1C(=O)O[C@@H](C(=O)c1ccc(Cl)cc1)c1ccccc1. The van der Waals surface area contributed by atoms with Gasteiger partial charge in [-0.1, -0.05) is 53.5 Å². The van der Waals surface area contributed by atoms with E-state index in [2.05, 4.69) is 5.32 Å². The van der Waals surface area contributed by atoms with Crippen molar-refractivity contribution in [3.63, 3.8) is 0 Å². The van der Waals surface area contributed by atoms with Crippen LogP contribution in [0.3, 0.4) is 0 Å². The van der Waals surface area contributed by atoms with Crippen LogP contribution in [0.2, 0.25) is 10.0 Å². The smallest absolute Gasteiger partial charge is 0.343 e. The van der Waals surface area contributed by atoms with Crippen molar-refractivity contribution in [3.8, 4) is 5.75 Å². The van der Waals surface area contributed by atoms with E-state index in [4.69, 9.17) is 32.7 Å². The fourth-order valence-corrected chi connectivity index (χ4v) is 3.34. The molecule has 0 fully saturated rings. The Morgan fingerprint density at radius 1 is 0.938 bits per heavy atom. The molecule has 0 radical (unpaired) electrons. The van der Waals surface area contributed by atoms with Gasteiger partial charge in [0.1, 0.15) is 11.3 Å². The van der Waals surface area contributed by atoms with E-state index < -0.39 is 17.9 Å². The first kappa shape index (κ1) is 23.3. The van der Waals surface area contributed by atoms with Crippen LogP contribution < -0.4 is 10.1 Å². The number of hydrogen-bond acceptors (Lipinski definition) is 5. The molecule has 1 N–H and O–H groups in total. The Morgan fingerprint density at radius 2 is 1.59 bits per heavy atom. The summed E-state index contributed by atoms with van der Waals surface area (Å²) in [7, 11) is 1.37. The predicted molar refractivity (Wildman–Crippen MR) is 123 cm³/mol. The van der Waals surface area contributed by atoms with Gasteiger partial charge in [0, 0.05) is 29.1 Å².